The molecule has 2 N–H and O–H groups in total. The molecule has 0 radical (unpaired) electrons. The largest absolute Gasteiger partial charge is 0.353 e. The van der Waals surface area contributed by atoms with Gasteiger partial charge in [-0.2, -0.15) is 0 Å². The molecule has 0 saturated heterocycles. The highest BCUT2D eigenvalue weighted by Crippen LogP contribution is 2.34. The quantitative estimate of drug-likeness (QED) is 0.413. The third-order valence-corrected chi connectivity index (χ3v) is 4.21. The molecule has 0 aliphatic rings. The lowest BCUT2D eigenvalue weighted by Gasteiger charge is -2.12. The summed E-state index contributed by atoms with van der Waals surface area (Å²) in [6, 6.07) is 10.5. The van der Waals surface area contributed by atoms with E-state index >= 15 is 0 Å². The van der Waals surface area contributed by atoms with E-state index < -0.39 is 4.92 Å². The zero-order valence-electron chi connectivity index (χ0n) is 14.5. The van der Waals surface area contributed by atoms with E-state index in [0.29, 0.717) is 15.7 Å². The van der Waals surface area contributed by atoms with E-state index in [4.69, 9.17) is 23.2 Å². The summed E-state index contributed by atoms with van der Waals surface area (Å²) in [5.41, 5.74) is 2.88. The maximum atomic E-state index is 11.7. The van der Waals surface area contributed by atoms with Crippen molar-refractivity contribution in [1.82, 2.24) is 9.97 Å². The standard InChI is InChI=1S/C18H15Cl2N5O2/c1-10-3-4-11(2)15(5-10)24-18-16(25(26)27)17(21-9-22-18)23-14-7-12(19)6-13(20)8-14/h3-9H,1-2H3,(H2,21,22,23,24). The normalized spacial score (nSPS) is 10.5. The van der Waals surface area contributed by atoms with Crippen LogP contribution in [0.4, 0.5) is 28.7 Å². The predicted molar refractivity (Wildman–Crippen MR) is 108 cm³/mol. The molecule has 0 amide bonds. The highest BCUT2D eigenvalue weighted by atomic mass is 35.5. The van der Waals surface area contributed by atoms with Gasteiger partial charge in [0.2, 0.25) is 11.6 Å². The Balaban J connectivity index is 2.02. The van der Waals surface area contributed by atoms with Gasteiger partial charge >= 0.3 is 5.69 Å². The molecule has 1 aromatic heterocycles. The summed E-state index contributed by atoms with van der Waals surface area (Å²) in [7, 11) is 0. The van der Waals surface area contributed by atoms with Gasteiger partial charge in [-0.3, -0.25) is 10.1 Å². The van der Waals surface area contributed by atoms with Gasteiger partial charge in [-0.05, 0) is 49.2 Å². The molecule has 0 saturated carbocycles. The molecular formula is C18H15Cl2N5O2. The van der Waals surface area contributed by atoms with Gasteiger partial charge < -0.3 is 10.6 Å². The zero-order chi connectivity index (χ0) is 19.6. The van der Waals surface area contributed by atoms with Crippen molar-refractivity contribution >= 4 is 51.9 Å². The summed E-state index contributed by atoms with van der Waals surface area (Å²) >= 11 is 12.0. The minimum Gasteiger partial charge on any atom is -0.334 e. The van der Waals surface area contributed by atoms with Crippen LogP contribution in [0.2, 0.25) is 10.0 Å². The number of anilines is 4. The summed E-state index contributed by atoms with van der Waals surface area (Å²) in [5, 5.41) is 18.4. The first-order valence-corrected chi connectivity index (χ1v) is 8.66. The summed E-state index contributed by atoms with van der Waals surface area (Å²) in [6.07, 6.45) is 1.24. The molecule has 138 valence electrons. The number of aryl methyl sites for hydroxylation is 2. The van der Waals surface area contributed by atoms with E-state index in [1.807, 2.05) is 32.0 Å². The van der Waals surface area contributed by atoms with Crippen molar-refractivity contribution in [2.45, 2.75) is 13.8 Å². The lowest BCUT2D eigenvalue weighted by molar-refractivity contribution is -0.383. The highest BCUT2D eigenvalue weighted by Gasteiger charge is 2.24. The Kier molecular flexibility index (Phi) is 5.43. The Labute approximate surface area is 165 Å². The van der Waals surface area contributed by atoms with Crippen molar-refractivity contribution in [3.63, 3.8) is 0 Å². The minimum absolute atomic E-state index is 0.0288. The molecular weight excluding hydrogens is 389 g/mol. The van der Waals surface area contributed by atoms with Crippen LogP contribution in [0.5, 0.6) is 0 Å². The second kappa shape index (κ2) is 7.77. The van der Waals surface area contributed by atoms with E-state index in [1.54, 1.807) is 18.2 Å². The number of nitrogens with one attached hydrogen (secondary N) is 2. The van der Waals surface area contributed by atoms with Gasteiger partial charge in [-0.25, -0.2) is 9.97 Å². The van der Waals surface area contributed by atoms with Gasteiger partial charge in [0.15, 0.2) is 0 Å². The Bertz CT molecular complexity index is 1010. The summed E-state index contributed by atoms with van der Waals surface area (Å²) in [5.74, 6) is 0.112. The van der Waals surface area contributed by atoms with Crippen LogP contribution < -0.4 is 10.6 Å². The van der Waals surface area contributed by atoms with E-state index in [1.165, 1.54) is 6.33 Å². The zero-order valence-corrected chi connectivity index (χ0v) is 16.0. The number of rotatable bonds is 5. The van der Waals surface area contributed by atoms with E-state index in [0.717, 1.165) is 16.8 Å². The Hall–Kier alpha value is -2.90. The number of hydrogen-bond acceptors (Lipinski definition) is 6. The van der Waals surface area contributed by atoms with Crippen molar-refractivity contribution in [2.24, 2.45) is 0 Å². The number of nitro groups is 1. The first kappa shape index (κ1) is 18.9. The highest BCUT2D eigenvalue weighted by molar-refractivity contribution is 6.35. The van der Waals surface area contributed by atoms with Crippen molar-refractivity contribution in [1.29, 1.82) is 0 Å². The number of hydrogen-bond donors (Lipinski definition) is 2. The van der Waals surface area contributed by atoms with Crippen LogP contribution in [-0.2, 0) is 0 Å². The van der Waals surface area contributed by atoms with Gasteiger partial charge in [0.25, 0.3) is 0 Å². The minimum atomic E-state index is -0.540. The van der Waals surface area contributed by atoms with Crippen LogP contribution in [0.15, 0.2) is 42.7 Å². The summed E-state index contributed by atoms with van der Waals surface area (Å²) in [4.78, 5) is 19.2. The predicted octanol–water partition coefficient (Wildman–Crippen LogP) is 5.80. The first-order valence-electron chi connectivity index (χ1n) is 7.90. The van der Waals surface area contributed by atoms with Gasteiger partial charge in [-0.1, -0.05) is 35.3 Å². The van der Waals surface area contributed by atoms with Crippen molar-refractivity contribution < 1.29 is 4.92 Å². The van der Waals surface area contributed by atoms with Crippen LogP contribution in [0.3, 0.4) is 0 Å². The molecule has 3 aromatic rings. The molecule has 3 rings (SSSR count). The topological polar surface area (TPSA) is 93.0 Å². The summed E-state index contributed by atoms with van der Waals surface area (Å²) < 4.78 is 0. The van der Waals surface area contributed by atoms with Crippen molar-refractivity contribution in [2.75, 3.05) is 10.6 Å². The van der Waals surface area contributed by atoms with Gasteiger partial charge in [0, 0.05) is 21.4 Å². The molecule has 0 unspecified atom stereocenters. The van der Waals surface area contributed by atoms with E-state index in [9.17, 15) is 10.1 Å². The lowest BCUT2D eigenvalue weighted by Crippen LogP contribution is -2.06. The maximum Gasteiger partial charge on any atom is 0.353 e. The van der Waals surface area contributed by atoms with Gasteiger partial charge in [0.05, 0.1) is 4.92 Å². The molecule has 0 aliphatic heterocycles. The van der Waals surface area contributed by atoms with Crippen LogP contribution in [0, 0.1) is 24.0 Å². The first-order chi connectivity index (χ1) is 12.8. The molecule has 0 atom stereocenters. The van der Waals surface area contributed by atoms with Crippen molar-refractivity contribution in [3.05, 3.63) is 74.0 Å². The van der Waals surface area contributed by atoms with Crippen molar-refractivity contribution in [3.8, 4) is 0 Å². The van der Waals surface area contributed by atoms with Crippen LogP contribution in [0.25, 0.3) is 0 Å². The van der Waals surface area contributed by atoms with E-state index in [2.05, 4.69) is 20.6 Å². The third kappa shape index (κ3) is 4.45. The monoisotopic (exact) mass is 403 g/mol. The van der Waals surface area contributed by atoms with Gasteiger partial charge in [0.1, 0.15) is 6.33 Å². The third-order valence-electron chi connectivity index (χ3n) is 3.78. The van der Waals surface area contributed by atoms with Crippen LogP contribution >= 0.6 is 23.2 Å². The number of halogens is 2. The number of aromatic nitrogens is 2. The molecule has 2 aromatic carbocycles. The average Bonchev–Trinajstić information content (AvgIpc) is 2.57. The smallest absolute Gasteiger partial charge is 0.334 e. The molecule has 0 bridgehead atoms. The molecule has 1 heterocycles. The molecule has 0 aliphatic carbocycles. The Morgan fingerprint density at radius 3 is 2.22 bits per heavy atom. The summed E-state index contributed by atoms with van der Waals surface area (Å²) in [6.45, 7) is 3.84. The van der Waals surface area contributed by atoms with Crippen LogP contribution in [0.1, 0.15) is 11.1 Å². The number of benzene rings is 2. The Morgan fingerprint density at radius 2 is 1.59 bits per heavy atom. The molecule has 7 nitrogen and oxygen atoms in total. The van der Waals surface area contributed by atoms with Crippen LogP contribution in [-0.4, -0.2) is 14.9 Å². The fourth-order valence-corrected chi connectivity index (χ4v) is 3.02. The fourth-order valence-electron chi connectivity index (χ4n) is 2.50. The second-order valence-corrected chi connectivity index (χ2v) is 6.78. The maximum absolute atomic E-state index is 11.7. The molecule has 0 fully saturated rings. The number of nitrogens with zero attached hydrogens (tertiary/aromatic N) is 3. The molecule has 0 spiro atoms. The fraction of sp³-hybridized carbons (Fsp3) is 0.111. The average molecular weight is 404 g/mol. The lowest BCUT2D eigenvalue weighted by atomic mass is 10.1. The molecule has 27 heavy (non-hydrogen) atoms. The SMILES string of the molecule is Cc1ccc(C)c(Nc2ncnc(Nc3cc(Cl)cc(Cl)c3)c2[N+](=O)[O-])c1. The van der Waals surface area contributed by atoms with E-state index in [-0.39, 0.29) is 17.3 Å². The molecule has 9 heteroatoms. The van der Waals surface area contributed by atoms with Gasteiger partial charge in [-0.15, -0.1) is 0 Å². The second-order valence-electron chi connectivity index (χ2n) is 5.90. The Morgan fingerprint density at radius 1 is 0.963 bits per heavy atom.